The van der Waals surface area contributed by atoms with Crippen LogP contribution in [0.25, 0.3) is 6.08 Å². The summed E-state index contributed by atoms with van der Waals surface area (Å²) in [5.74, 6) is 1.17. The molecule has 0 aliphatic heterocycles. The maximum Gasteiger partial charge on any atom is 0.410 e. The summed E-state index contributed by atoms with van der Waals surface area (Å²) in [5, 5.41) is 12.4. The fourth-order valence-corrected chi connectivity index (χ4v) is 1.90. The first-order valence-corrected chi connectivity index (χ1v) is 7.64. The van der Waals surface area contributed by atoms with E-state index in [0.717, 1.165) is 5.56 Å². The number of rotatable bonds is 8. The third-order valence-corrected chi connectivity index (χ3v) is 3.47. The van der Waals surface area contributed by atoms with E-state index in [-0.39, 0.29) is 18.6 Å². The molecule has 0 saturated heterocycles. The number of carbonyl (C=O) groups excluding carboxylic acids is 1. The number of nitrogens with two attached hydrogens (primary N) is 1. The lowest BCUT2D eigenvalue weighted by molar-refractivity contribution is 0.0704. The Labute approximate surface area is 142 Å². The normalized spacial score (nSPS) is 13.6. The third-order valence-electron chi connectivity index (χ3n) is 3.47. The van der Waals surface area contributed by atoms with Crippen molar-refractivity contribution in [1.29, 1.82) is 0 Å². The minimum absolute atomic E-state index is 0.0782. The average molecular weight is 338 g/mol. The van der Waals surface area contributed by atoms with Crippen LogP contribution in [0.2, 0.25) is 0 Å². The SMILES string of the molecule is COC(=O)NC=Cc1ccc(OCC(O)C(N)C(C)C)c(OC)c1. The van der Waals surface area contributed by atoms with Crippen LogP contribution in [0.15, 0.2) is 24.4 Å². The monoisotopic (exact) mass is 338 g/mol. The van der Waals surface area contributed by atoms with E-state index in [0.29, 0.717) is 11.5 Å². The van der Waals surface area contributed by atoms with Crippen LogP contribution in [0.4, 0.5) is 4.79 Å². The van der Waals surface area contributed by atoms with Crippen molar-refractivity contribution in [2.24, 2.45) is 11.7 Å². The molecule has 0 bridgehead atoms. The highest BCUT2D eigenvalue weighted by Crippen LogP contribution is 2.28. The van der Waals surface area contributed by atoms with E-state index in [4.69, 9.17) is 15.2 Å². The maximum atomic E-state index is 11.0. The topological polar surface area (TPSA) is 103 Å². The molecule has 0 saturated carbocycles. The Balaban J connectivity index is 2.71. The molecule has 24 heavy (non-hydrogen) atoms. The number of amides is 1. The Morgan fingerprint density at radius 1 is 1.33 bits per heavy atom. The smallest absolute Gasteiger partial charge is 0.410 e. The number of nitrogens with one attached hydrogen (secondary N) is 1. The van der Waals surface area contributed by atoms with Crippen molar-refractivity contribution in [3.8, 4) is 11.5 Å². The Morgan fingerprint density at radius 2 is 2.04 bits per heavy atom. The first-order chi connectivity index (χ1) is 11.4. The number of hydrogen-bond donors (Lipinski definition) is 3. The van der Waals surface area contributed by atoms with Gasteiger partial charge in [-0.25, -0.2) is 4.79 Å². The van der Waals surface area contributed by atoms with E-state index in [1.807, 2.05) is 13.8 Å². The fraction of sp³-hybridized carbons (Fsp3) is 0.471. The molecule has 4 N–H and O–H groups in total. The molecule has 0 aromatic heterocycles. The van der Waals surface area contributed by atoms with Gasteiger partial charge in [0.05, 0.1) is 14.2 Å². The molecule has 1 amide bonds. The lowest BCUT2D eigenvalue weighted by Crippen LogP contribution is -2.42. The highest BCUT2D eigenvalue weighted by atomic mass is 16.5. The number of ether oxygens (including phenoxy) is 3. The van der Waals surface area contributed by atoms with Gasteiger partial charge in [0.2, 0.25) is 0 Å². The lowest BCUT2D eigenvalue weighted by atomic mass is 10.0. The van der Waals surface area contributed by atoms with E-state index in [2.05, 4.69) is 10.1 Å². The molecule has 7 nitrogen and oxygen atoms in total. The van der Waals surface area contributed by atoms with Crippen LogP contribution in [0.3, 0.4) is 0 Å². The van der Waals surface area contributed by atoms with Crippen molar-refractivity contribution in [3.05, 3.63) is 30.0 Å². The number of benzene rings is 1. The number of aliphatic hydroxyl groups is 1. The molecule has 1 rings (SSSR count). The van der Waals surface area contributed by atoms with Gasteiger partial charge < -0.3 is 25.1 Å². The molecule has 1 aromatic carbocycles. The van der Waals surface area contributed by atoms with Crippen molar-refractivity contribution in [3.63, 3.8) is 0 Å². The van der Waals surface area contributed by atoms with Crippen LogP contribution >= 0.6 is 0 Å². The van der Waals surface area contributed by atoms with Crippen LogP contribution in [-0.4, -0.2) is 44.2 Å². The molecular weight excluding hydrogens is 312 g/mol. The highest BCUT2D eigenvalue weighted by molar-refractivity contribution is 5.69. The Morgan fingerprint density at radius 3 is 2.62 bits per heavy atom. The van der Waals surface area contributed by atoms with Crippen LogP contribution in [-0.2, 0) is 4.74 Å². The summed E-state index contributed by atoms with van der Waals surface area (Å²) in [6, 6.07) is 4.91. The van der Waals surface area contributed by atoms with Crippen LogP contribution in [0.5, 0.6) is 11.5 Å². The summed E-state index contributed by atoms with van der Waals surface area (Å²) in [5.41, 5.74) is 6.70. The van der Waals surface area contributed by atoms with E-state index in [1.54, 1.807) is 24.3 Å². The van der Waals surface area contributed by atoms with Crippen molar-refractivity contribution in [2.45, 2.75) is 26.0 Å². The second-order valence-electron chi connectivity index (χ2n) is 5.58. The summed E-state index contributed by atoms with van der Waals surface area (Å²) in [6.07, 6.45) is 1.84. The van der Waals surface area contributed by atoms with Crippen molar-refractivity contribution in [1.82, 2.24) is 5.32 Å². The molecule has 1 aromatic rings. The fourth-order valence-electron chi connectivity index (χ4n) is 1.90. The van der Waals surface area contributed by atoms with Crippen LogP contribution in [0.1, 0.15) is 19.4 Å². The molecule has 0 spiro atoms. The third kappa shape index (κ3) is 6.10. The lowest BCUT2D eigenvalue weighted by Gasteiger charge is -2.22. The zero-order valence-electron chi connectivity index (χ0n) is 14.5. The van der Waals surface area contributed by atoms with E-state index >= 15 is 0 Å². The second-order valence-corrected chi connectivity index (χ2v) is 5.58. The van der Waals surface area contributed by atoms with Gasteiger partial charge in [0.1, 0.15) is 12.7 Å². The zero-order chi connectivity index (χ0) is 18.1. The van der Waals surface area contributed by atoms with Crippen LogP contribution in [0, 0.1) is 5.92 Å². The van der Waals surface area contributed by atoms with Crippen LogP contribution < -0.4 is 20.5 Å². The molecule has 2 atom stereocenters. The van der Waals surface area contributed by atoms with Crippen molar-refractivity contribution in [2.75, 3.05) is 20.8 Å². The number of alkyl carbamates (subject to hydrolysis) is 1. The number of hydrogen-bond acceptors (Lipinski definition) is 6. The molecule has 2 unspecified atom stereocenters. The van der Waals surface area contributed by atoms with Gasteiger partial charge in [-0.1, -0.05) is 19.9 Å². The Kier molecular flexibility index (Phi) is 8.08. The summed E-state index contributed by atoms with van der Waals surface area (Å²) < 4.78 is 15.4. The minimum atomic E-state index is -0.765. The number of aliphatic hydroxyl groups excluding tert-OH is 1. The minimum Gasteiger partial charge on any atom is -0.493 e. The van der Waals surface area contributed by atoms with Gasteiger partial charge in [-0.2, -0.15) is 0 Å². The highest BCUT2D eigenvalue weighted by Gasteiger charge is 2.19. The van der Waals surface area contributed by atoms with Crippen molar-refractivity contribution < 1.29 is 24.1 Å². The van der Waals surface area contributed by atoms with Crippen molar-refractivity contribution >= 4 is 12.2 Å². The summed E-state index contributed by atoms with van der Waals surface area (Å²) in [4.78, 5) is 11.0. The number of methoxy groups -OCH3 is 2. The summed E-state index contributed by atoms with van der Waals surface area (Å²) >= 11 is 0. The van der Waals surface area contributed by atoms with Gasteiger partial charge in [-0.3, -0.25) is 5.32 Å². The van der Waals surface area contributed by atoms with Gasteiger partial charge >= 0.3 is 6.09 Å². The van der Waals surface area contributed by atoms with E-state index in [9.17, 15) is 9.90 Å². The van der Waals surface area contributed by atoms with E-state index < -0.39 is 12.2 Å². The first-order valence-electron chi connectivity index (χ1n) is 7.64. The molecule has 7 heteroatoms. The molecule has 0 fully saturated rings. The number of carbonyl (C=O) groups is 1. The van der Waals surface area contributed by atoms with Gasteiger partial charge in [0.15, 0.2) is 11.5 Å². The molecule has 0 aliphatic carbocycles. The van der Waals surface area contributed by atoms with Gasteiger partial charge in [-0.05, 0) is 29.7 Å². The second kappa shape index (κ2) is 9.79. The quantitative estimate of drug-likeness (QED) is 0.667. The molecule has 0 aliphatic rings. The summed E-state index contributed by atoms with van der Waals surface area (Å²) in [6.45, 7) is 3.96. The Bertz CT molecular complexity index is 560. The summed E-state index contributed by atoms with van der Waals surface area (Å²) in [7, 11) is 2.82. The average Bonchev–Trinajstić information content (AvgIpc) is 2.58. The van der Waals surface area contributed by atoms with Gasteiger partial charge in [0, 0.05) is 12.2 Å². The predicted molar refractivity (Wildman–Crippen MR) is 91.9 cm³/mol. The van der Waals surface area contributed by atoms with Gasteiger partial charge in [0.25, 0.3) is 0 Å². The molecular formula is C17H26N2O5. The molecule has 0 heterocycles. The standard InChI is InChI=1S/C17H26N2O5/c1-11(2)16(18)13(20)10-24-14-6-5-12(9-15(14)22-3)7-8-19-17(21)23-4/h5-9,11,13,16,20H,10,18H2,1-4H3,(H,19,21). The molecule has 134 valence electrons. The Hall–Kier alpha value is -2.25. The first kappa shape index (κ1) is 19.8. The van der Waals surface area contributed by atoms with Gasteiger partial charge in [-0.15, -0.1) is 0 Å². The zero-order valence-corrected chi connectivity index (χ0v) is 14.5. The largest absolute Gasteiger partial charge is 0.493 e. The maximum absolute atomic E-state index is 11.0. The predicted octanol–water partition coefficient (Wildman–Crippen LogP) is 1.74. The van der Waals surface area contributed by atoms with E-state index in [1.165, 1.54) is 20.4 Å². The molecule has 0 radical (unpaired) electrons.